The van der Waals surface area contributed by atoms with Crippen LogP contribution in [0.5, 0.6) is 0 Å². The zero-order chi connectivity index (χ0) is 16.8. The van der Waals surface area contributed by atoms with Crippen LogP contribution in [0.2, 0.25) is 0 Å². The molecule has 132 valence electrons. The van der Waals surface area contributed by atoms with Crippen molar-refractivity contribution in [3.63, 3.8) is 0 Å². The van der Waals surface area contributed by atoms with Crippen molar-refractivity contribution in [3.05, 3.63) is 35.4 Å². The molecule has 2 aliphatic rings. The fourth-order valence-electron chi connectivity index (χ4n) is 4.32. The molecule has 1 fully saturated rings. The first-order valence-electron chi connectivity index (χ1n) is 9.77. The van der Waals surface area contributed by atoms with Gasteiger partial charge in [-0.1, -0.05) is 76.0 Å². The van der Waals surface area contributed by atoms with Crippen molar-refractivity contribution in [2.24, 2.45) is 0 Å². The van der Waals surface area contributed by atoms with Crippen LogP contribution in [0.4, 0.5) is 0 Å². The lowest BCUT2D eigenvalue weighted by molar-refractivity contribution is -0.0351. The van der Waals surface area contributed by atoms with Gasteiger partial charge in [0.1, 0.15) is 0 Å². The van der Waals surface area contributed by atoms with Gasteiger partial charge in [0, 0.05) is 24.3 Å². The summed E-state index contributed by atoms with van der Waals surface area (Å²) in [6, 6.07) is 8.25. The van der Waals surface area contributed by atoms with E-state index in [4.69, 9.17) is 4.74 Å². The molecule has 1 aromatic rings. The molecule has 0 radical (unpaired) electrons. The number of rotatable bonds is 2. The van der Waals surface area contributed by atoms with Crippen molar-refractivity contribution < 1.29 is 9.53 Å². The van der Waals surface area contributed by atoms with Crippen LogP contribution in [-0.2, 0) is 4.74 Å². The number of hydrogen-bond donors (Lipinski definition) is 0. The summed E-state index contributed by atoms with van der Waals surface area (Å²) in [5.74, 6) is 0.162. The monoisotopic (exact) mass is 329 g/mol. The Morgan fingerprint density at radius 3 is 2.00 bits per heavy atom. The summed E-state index contributed by atoms with van der Waals surface area (Å²) < 4.78 is 5.75. The predicted octanol–water partition coefficient (Wildman–Crippen LogP) is 5.46. The van der Waals surface area contributed by atoms with Crippen molar-refractivity contribution in [2.45, 2.75) is 82.9 Å². The van der Waals surface area contributed by atoms with E-state index in [-0.39, 0.29) is 12.1 Å². The maximum absolute atomic E-state index is 13.0. The summed E-state index contributed by atoms with van der Waals surface area (Å²) in [4.78, 5) is 15.0. The molecule has 0 N–H and O–H groups in total. The molecule has 1 atom stereocenters. The standard InChI is InChI=1S/C21H31NO2/c1-24-21-19-16-12-11-15-18(19)20(23)22(21)17-13-9-7-5-3-2-4-6-8-10-14-17/h11-12,15-17,21H,2-10,13-14H2,1H3/t21-/m1/s1. The fourth-order valence-corrected chi connectivity index (χ4v) is 4.32. The highest BCUT2D eigenvalue weighted by Gasteiger charge is 2.40. The number of carbonyl (C=O) groups excluding carboxylic acids is 1. The van der Waals surface area contributed by atoms with E-state index in [1.807, 2.05) is 29.2 Å². The Kier molecular flexibility index (Phi) is 6.30. The normalized spacial score (nSPS) is 24.3. The fraction of sp³-hybridized carbons (Fsp3) is 0.667. The minimum atomic E-state index is -0.202. The summed E-state index contributed by atoms with van der Waals surface area (Å²) in [6.45, 7) is 0. The molecule has 1 aromatic carbocycles. The van der Waals surface area contributed by atoms with E-state index in [9.17, 15) is 4.79 Å². The van der Waals surface area contributed by atoms with Gasteiger partial charge < -0.3 is 9.64 Å². The summed E-state index contributed by atoms with van der Waals surface area (Å²) in [5.41, 5.74) is 1.87. The van der Waals surface area contributed by atoms with Gasteiger partial charge in [-0.3, -0.25) is 4.79 Å². The van der Waals surface area contributed by atoms with E-state index in [1.54, 1.807) is 7.11 Å². The molecule has 3 rings (SSSR count). The highest BCUT2D eigenvalue weighted by Crippen LogP contribution is 2.38. The maximum Gasteiger partial charge on any atom is 0.256 e. The highest BCUT2D eigenvalue weighted by atomic mass is 16.5. The van der Waals surface area contributed by atoms with Gasteiger partial charge in [0.05, 0.1) is 0 Å². The van der Waals surface area contributed by atoms with Gasteiger partial charge in [0.15, 0.2) is 6.23 Å². The largest absolute Gasteiger partial charge is 0.357 e. The van der Waals surface area contributed by atoms with E-state index in [0.717, 1.165) is 24.0 Å². The first kappa shape index (κ1) is 17.5. The molecule has 0 bridgehead atoms. The molecule has 0 unspecified atom stereocenters. The number of fused-ring (bicyclic) bond motifs is 1. The summed E-state index contributed by atoms with van der Waals surface area (Å²) in [6.07, 6.45) is 13.9. The first-order chi connectivity index (χ1) is 11.8. The minimum absolute atomic E-state index is 0.162. The molecular formula is C21H31NO2. The number of methoxy groups -OCH3 is 1. The van der Waals surface area contributed by atoms with Crippen LogP contribution in [-0.4, -0.2) is 24.0 Å². The number of hydrogen-bond acceptors (Lipinski definition) is 2. The molecule has 3 heteroatoms. The summed E-state index contributed by atoms with van der Waals surface area (Å²) >= 11 is 0. The smallest absolute Gasteiger partial charge is 0.256 e. The minimum Gasteiger partial charge on any atom is -0.357 e. The van der Waals surface area contributed by atoms with E-state index in [0.29, 0.717) is 6.04 Å². The molecule has 1 heterocycles. The van der Waals surface area contributed by atoms with Gasteiger partial charge >= 0.3 is 0 Å². The molecule has 1 aliphatic heterocycles. The summed E-state index contributed by atoms with van der Waals surface area (Å²) in [5, 5.41) is 0. The average molecular weight is 329 g/mol. The highest BCUT2D eigenvalue weighted by molar-refractivity contribution is 5.99. The quantitative estimate of drug-likeness (QED) is 0.721. The van der Waals surface area contributed by atoms with Crippen LogP contribution in [0.15, 0.2) is 24.3 Å². The molecule has 1 saturated carbocycles. The maximum atomic E-state index is 13.0. The van der Waals surface area contributed by atoms with E-state index >= 15 is 0 Å². The van der Waals surface area contributed by atoms with Crippen LogP contribution in [0.1, 0.15) is 92.8 Å². The lowest BCUT2D eigenvalue weighted by Crippen LogP contribution is -2.39. The number of benzene rings is 1. The molecule has 0 saturated heterocycles. The number of amides is 1. The molecule has 24 heavy (non-hydrogen) atoms. The summed E-state index contributed by atoms with van der Waals surface area (Å²) in [7, 11) is 1.72. The predicted molar refractivity (Wildman–Crippen MR) is 96.9 cm³/mol. The van der Waals surface area contributed by atoms with E-state index in [2.05, 4.69) is 0 Å². The zero-order valence-corrected chi connectivity index (χ0v) is 15.0. The van der Waals surface area contributed by atoms with Crippen LogP contribution < -0.4 is 0 Å². The number of nitrogens with zero attached hydrogens (tertiary/aromatic N) is 1. The molecule has 0 aromatic heterocycles. The second-order valence-corrected chi connectivity index (χ2v) is 7.30. The SMILES string of the molecule is CO[C@@H]1c2ccccc2C(=O)N1C1CCCCCCCCCCC1. The Labute approximate surface area is 146 Å². The van der Waals surface area contributed by atoms with Crippen LogP contribution in [0.3, 0.4) is 0 Å². The second kappa shape index (κ2) is 8.66. The number of ether oxygens (including phenoxy) is 1. The molecule has 1 amide bonds. The molecule has 0 spiro atoms. The van der Waals surface area contributed by atoms with E-state index < -0.39 is 0 Å². The Balaban J connectivity index is 1.75. The third-order valence-corrected chi connectivity index (χ3v) is 5.64. The average Bonchev–Trinajstić information content (AvgIpc) is 2.88. The van der Waals surface area contributed by atoms with Gasteiger partial charge in [-0.15, -0.1) is 0 Å². The molecular weight excluding hydrogens is 298 g/mol. The van der Waals surface area contributed by atoms with Crippen LogP contribution in [0.25, 0.3) is 0 Å². The van der Waals surface area contributed by atoms with Crippen LogP contribution >= 0.6 is 0 Å². The second-order valence-electron chi connectivity index (χ2n) is 7.30. The Morgan fingerprint density at radius 2 is 1.42 bits per heavy atom. The van der Waals surface area contributed by atoms with Crippen molar-refractivity contribution in [3.8, 4) is 0 Å². The Hall–Kier alpha value is -1.35. The van der Waals surface area contributed by atoms with Gasteiger partial charge in [0.25, 0.3) is 5.91 Å². The molecule has 3 nitrogen and oxygen atoms in total. The Morgan fingerprint density at radius 1 is 0.875 bits per heavy atom. The van der Waals surface area contributed by atoms with Crippen LogP contribution in [0, 0.1) is 0 Å². The topological polar surface area (TPSA) is 29.5 Å². The lowest BCUT2D eigenvalue weighted by atomic mass is 9.97. The van der Waals surface area contributed by atoms with Crippen molar-refractivity contribution in [2.75, 3.05) is 7.11 Å². The van der Waals surface area contributed by atoms with Gasteiger partial charge in [0.2, 0.25) is 0 Å². The van der Waals surface area contributed by atoms with Crippen molar-refractivity contribution >= 4 is 5.91 Å². The van der Waals surface area contributed by atoms with Gasteiger partial charge in [-0.25, -0.2) is 0 Å². The van der Waals surface area contributed by atoms with Gasteiger partial charge in [-0.05, 0) is 18.9 Å². The third-order valence-electron chi connectivity index (χ3n) is 5.64. The van der Waals surface area contributed by atoms with Crippen molar-refractivity contribution in [1.29, 1.82) is 0 Å². The van der Waals surface area contributed by atoms with E-state index in [1.165, 1.54) is 57.8 Å². The molecule has 1 aliphatic carbocycles. The van der Waals surface area contributed by atoms with Gasteiger partial charge in [-0.2, -0.15) is 0 Å². The first-order valence-corrected chi connectivity index (χ1v) is 9.77. The third kappa shape index (κ3) is 3.83. The lowest BCUT2D eigenvalue weighted by Gasteiger charge is -2.33. The number of carbonyl (C=O) groups is 1. The van der Waals surface area contributed by atoms with Crippen molar-refractivity contribution in [1.82, 2.24) is 4.90 Å². The zero-order valence-electron chi connectivity index (χ0n) is 15.0. The Bertz CT molecular complexity index is 530.